The van der Waals surface area contributed by atoms with Crippen molar-refractivity contribution in [3.8, 4) is 0 Å². The molecule has 6 aliphatic rings. The van der Waals surface area contributed by atoms with E-state index in [4.69, 9.17) is 0 Å². The van der Waals surface area contributed by atoms with E-state index in [1.807, 2.05) is 0 Å². The lowest BCUT2D eigenvalue weighted by atomic mass is 9.32. The van der Waals surface area contributed by atoms with E-state index in [-0.39, 0.29) is 5.41 Å². The van der Waals surface area contributed by atoms with E-state index in [2.05, 4.69) is 63.0 Å². The Kier molecular flexibility index (Phi) is 8.61. The number of hydrogen-bond donors (Lipinski definition) is 2. The van der Waals surface area contributed by atoms with Crippen molar-refractivity contribution < 1.29 is 9.90 Å². The Labute approximate surface area is 280 Å². The minimum Gasteiger partial charge on any atom is -0.478 e. The zero-order chi connectivity index (χ0) is 32.4. The Balaban J connectivity index is 1.07. The van der Waals surface area contributed by atoms with Crippen molar-refractivity contribution in [2.75, 3.05) is 32.7 Å². The van der Waals surface area contributed by atoms with Crippen LogP contribution in [0.5, 0.6) is 0 Å². The van der Waals surface area contributed by atoms with Gasteiger partial charge >= 0.3 is 5.97 Å². The molecule has 8 atom stereocenters. The number of nitrogens with one attached hydrogen (secondary N) is 1. The molecule has 3 unspecified atom stereocenters. The third-order valence-electron chi connectivity index (χ3n) is 16.3. The van der Waals surface area contributed by atoms with Crippen molar-refractivity contribution in [3.05, 3.63) is 41.5 Å². The van der Waals surface area contributed by atoms with Crippen molar-refractivity contribution in [2.24, 2.45) is 50.7 Å². The normalized spacial score (nSPS) is 41.9. The van der Waals surface area contributed by atoms with Crippen molar-refractivity contribution in [1.29, 1.82) is 0 Å². The molecular weight excluding hydrogens is 564 g/mol. The molecule has 1 aromatic rings. The first-order valence-corrected chi connectivity index (χ1v) is 19.4. The molecule has 0 aromatic heterocycles. The van der Waals surface area contributed by atoms with Gasteiger partial charge in [0.05, 0.1) is 5.56 Å². The van der Waals surface area contributed by atoms with Gasteiger partial charge in [-0.05, 0) is 177 Å². The van der Waals surface area contributed by atoms with Crippen molar-refractivity contribution in [1.82, 2.24) is 10.2 Å². The highest BCUT2D eigenvalue weighted by atomic mass is 16.4. The average molecular weight is 629 g/mol. The first-order valence-electron chi connectivity index (χ1n) is 19.4. The first-order chi connectivity index (χ1) is 21.9. The summed E-state index contributed by atoms with van der Waals surface area (Å²) in [5, 5.41) is 13.5. The third-order valence-corrected chi connectivity index (χ3v) is 16.3. The SMILES string of the molecule is CC1(C)C(c2ccc(C(=O)O)cc2)=CC[C@@]2(C)C1CC[C@]1(C)C2CC[C@@H]2C3CCC[C@]3(CNCCCN3CCCCC3)CC[C@]21C. The van der Waals surface area contributed by atoms with Crippen LogP contribution in [0.25, 0.3) is 5.57 Å². The number of fused-ring (bicyclic) bond motifs is 7. The summed E-state index contributed by atoms with van der Waals surface area (Å²) < 4.78 is 0. The lowest BCUT2D eigenvalue weighted by Gasteiger charge is -2.72. The van der Waals surface area contributed by atoms with Gasteiger partial charge in [0, 0.05) is 6.54 Å². The molecular formula is C42H64N2O2. The zero-order valence-corrected chi connectivity index (χ0v) is 29.9. The standard InChI is InChI=1S/C42H64N2O2/c1-38(2)32(30-12-14-31(15-13-30)37(45)46)18-21-39(3)35(38)19-22-41(5)36(39)17-16-33-34-11-9-20-42(34,24-23-40(33,41)4)29-43-25-10-28-44-26-7-6-8-27-44/h12-15,18,33-36,43H,6-11,16-17,19-29H2,1-5H3,(H,45,46)/t33-,34?,35?,36?,39+,40-,41-,42-/m1/s1. The maximum absolute atomic E-state index is 11.5. The second-order valence-electron chi connectivity index (χ2n) is 18.4. The number of carboxylic acids is 1. The summed E-state index contributed by atoms with van der Waals surface area (Å²) in [5.41, 5.74) is 4.81. The highest BCUT2D eigenvalue weighted by Gasteiger charge is 2.69. The van der Waals surface area contributed by atoms with Gasteiger partial charge in [0.1, 0.15) is 0 Å². The summed E-state index contributed by atoms with van der Waals surface area (Å²) >= 11 is 0. The Morgan fingerprint density at radius 3 is 2.33 bits per heavy atom. The molecule has 0 amide bonds. The van der Waals surface area contributed by atoms with Crippen molar-refractivity contribution in [2.45, 2.75) is 125 Å². The van der Waals surface area contributed by atoms with Crippen LogP contribution in [-0.4, -0.2) is 48.7 Å². The third kappa shape index (κ3) is 5.08. The van der Waals surface area contributed by atoms with Gasteiger partial charge < -0.3 is 15.3 Å². The lowest BCUT2D eigenvalue weighted by molar-refractivity contribution is -0.222. The highest BCUT2D eigenvalue weighted by molar-refractivity contribution is 5.88. The number of carbonyl (C=O) groups is 1. The predicted octanol–water partition coefficient (Wildman–Crippen LogP) is 9.70. The van der Waals surface area contributed by atoms with Crippen LogP contribution in [0.4, 0.5) is 0 Å². The Morgan fingerprint density at radius 1 is 0.826 bits per heavy atom. The van der Waals surface area contributed by atoms with Gasteiger partial charge in [-0.3, -0.25) is 0 Å². The summed E-state index contributed by atoms with van der Waals surface area (Å²) in [5.74, 6) is 2.38. The Morgan fingerprint density at radius 2 is 1.59 bits per heavy atom. The molecule has 1 saturated heterocycles. The largest absolute Gasteiger partial charge is 0.478 e. The highest BCUT2D eigenvalue weighted by Crippen LogP contribution is 2.77. The molecule has 4 saturated carbocycles. The second kappa shape index (κ2) is 12.0. The molecule has 4 nitrogen and oxygen atoms in total. The molecule has 4 heteroatoms. The molecule has 0 bridgehead atoms. The van der Waals surface area contributed by atoms with E-state index >= 15 is 0 Å². The van der Waals surface area contributed by atoms with Crippen LogP contribution in [-0.2, 0) is 0 Å². The van der Waals surface area contributed by atoms with E-state index in [0.717, 1.165) is 24.2 Å². The number of rotatable bonds is 8. The fourth-order valence-corrected chi connectivity index (χ4v) is 13.8. The summed E-state index contributed by atoms with van der Waals surface area (Å²) in [7, 11) is 0. The fourth-order valence-electron chi connectivity index (χ4n) is 13.8. The van der Waals surface area contributed by atoms with Crippen LogP contribution in [0.3, 0.4) is 0 Å². The van der Waals surface area contributed by atoms with Crippen LogP contribution in [0.1, 0.15) is 140 Å². The van der Waals surface area contributed by atoms with E-state index in [1.165, 1.54) is 127 Å². The van der Waals surface area contributed by atoms with Crippen LogP contribution >= 0.6 is 0 Å². The molecule has 2 N–H and O–H groups in total. The number of aromatic carboxylic acids is 1. The maximum Gasteiger partial charge on any atom is 0.335 e. The number of carboxylic acid groups (broad SMARTS) is 1. The molecule has 254 valence electrons. The monoisotopic (exact) mass is 628 g/mol. The smallest absolute Gasteiger partial charge is 0.335 e. The van der Waals surface area contributed by atoms with Crippen LogP contribution in [0, 0.1) is 50.7 Å². The Bertz CT molecular complexity index is 1310. The van der Waals surface area contributed by atoms with Crippen LogP contribution in [0.15, 0.2) is 30.3 Å². The van der Waals surface area contributed by atoms with Gasteiger partial charge in [-0.25, -0.2) is 4.79 Å². The van der Waals surface area contributed by atoms with Crippen molar-refractivity contribution >= 4 is 11.5 Å². The number of hydrogen-bond acceptors (Lipinski definition) is 3. The lowest BCUT2D eigenvalue weighted by Crippen LogP contribution is -2.65. The molecule has 1 heterocycles. The molecule has 7 rings (SSSR count). The maximum atomic E-state index is 11.5. The quantitative estimate of drug-likeness (QED) is 0.282. The van der Waals surface area contributed by atoms with Crippen LogP contribution < -0.4 is 5.32 Å². The van der Waals surface area contributed by atoms with Gasteiger partial charge in [0.15, 0.2) is 0 Å². The fraction of sp³-hybridized carbons (Fsp3) is 0.786. The molecule has 0 radical (unpaired) electrons. The van der Waals surface area contributed by atoms with Gasteiger partial charge in [0.2, 0.25) is 0 Å². The minimum atomic E-state index is -0.844. The van der Waals surface area contributed by atoms with E-state index in [1.54, 1.807) is 12.1 Å². The predicted molar refractivity (Wildman–Crippen MR) is 190 cm³/mol. The minimum absolute atomic E-state index is 0.0731. The number of allylic oxidation sites excluding steroid dienone is 2. The molecule has 1 aliphatic heterocycles. The molecule has 0 spiro atoms. The second-order valence-corrected chi connectivity index (χ2v) is 18.4. The summed E-state index contributed by atoms with van der Waals surface area (Å²) in [4.78, 5) is 14.2. The Hall–Kier alpha value is -1.65. The number of piperidine rings is 1. The number of likely N-dealkylation sites (tertiary alicyclic amines) is 1. The van der Waals surface area contributed by atoms with Crippen molar-refractivity contribution in [3.63, 3.8) is 0 Å². The van der Waals surface area contributed by atoms with E-state index < -0.39 is 5.97 Å². The topological polar surface area (TPSA) is 52.6 Å². The van der Waals surface area contributed by atoms with Gasteiger partial charge in [-0.2, -0.15) is 0 Å². The van der Waals surface area contributed by atoms with E-state index in [9.17, 15) is 9.90 Å². The van der Waals surface area contributed by atoms with Crippen LogP contribution in [0.2, 0.25) is 0 Å². The summed E-state index contributed by atoms with van der Waals surface area (Å²) in [6.07, 6.45) is 22.0. The molecule has 46 heavy (non-hydrogen) atoms. The first kappa shape index (κ1) is 32.9. The van der Waals surface area contributed by atoms with E-state index in [0.29, 0.717) is 33.1 Å². The molecule has 5 fully saturated rings. The molecule has 5 aliphatic carbocycles. The summed E-state index contributed by atoms with van der Waals surface area (Å²) in [6, 6.07) is 7.69. The van der Waals surface area contributed by atoms with Gasteiger partial charge in [-0.1, -0.05) is 65.7 Å². The number of benzene rings is 1. The molecule has 1 aromatic carbocycles. The van der Waals surface area contributed by atoms with Gasteiger partial charge in [-0.15, -0.1) is 0 Å². The zero-order valence-electron chi connectivity index (χ0n) is 29.9. The summed E-state index contributed by atoms with van der Waals surface area (Å²) in [6.45, 7) is 19.6. The average Bonchev–Trinajstić information content (AvgIpc) is 3.46. The van der Waals surface area contributed by atoms with Gasteiger partial charge in [0.25, 0.3) is 0 Å². The number of nitrogens with zero attached hydrogens (tertiary/aromatic N) is 1.